The summed E-state index contributed by atoms with van der Waals surface area (Å²) in [4.78, 5) is 31.6. The van der Waals surface area contributed by atoms with Crippen molar-refractivity contribution >= 4 is 5.97 Å². The number of nitrogens with zero attached hydrogens (tertiary/aromatic N) is 2. The van der Waals surface area contributed by atoms with Crippen LogP contribution in [-0.2, 0) is 14.2 Å². The van der Waals surface area contributed by atoms with E-state index in [9.17, 15) is 20.0 Å². The number of aromatic nitrogens is 1. The molecule has 3 heterocycles. The van der Waals surface area contributed by atoms with Crippen LogP contribution in [0, 0.1) is 41.4 Å². The van der Waals surface area contributed by atoms with Crippen molar-refractivity contribution in [1.29, 1.82) is 5.26 Å². The molecule has 0 saturated heterocycles. The number of ether oxygens (including phenoxy) is 4. The average Bonchev–Trinajstić information content (AvgIpc) is 3.12. The largest absolute Gasteiger partial charge is 0.482 e. The second-order valence-corrected chi connectivity index (χ2v) is 14.6. The lowest BCUT2D eigenvalue weighted by Gasteiger charge is -2.64. The van der Waals surface area contributed by atoms with Gasteiger partial charge in [0, 0.05) is 42.6 Å². The Kier molecular flexibility index (Phi) is 9.08. The standard InChI is InChI=1S/C41H42N2O8/c1-23-8-12-27(13-9-23)39(47-5)49-30-16-17-40(3)29(24(30)2)19-33(50-37(45)26-14-10-25(21-42)11-15-26)41(4)36(40)35(44)34-32(51-41)20-31(48-38(34)46)28-7-6-18-43-22-28/h6-15,18,20,22,24,29-30,33,35-36,39,44H,16-17,19H2,1-5H3/t24-,29?,30+,33+,35+,36?,39-,40+,41-/m1/s1. The van der Waals surface area contributed by atoms with Crippen LogP contribution < -0.4 is 10.4 Å². The zero-order chi connectivity index (χ0) is 36.1. The number of aliphatic hydroxyl groups excluding tert-OH is 1. The molecule has 0 bridgehead atoms. The summed E-state index contributed by atoms with van der Waals surface area (Å²) in [6, 6.07) is 21.5. The van der Waals surface area contributed by atoms with Gasteiger partial charge < -0.3 is 28.5 Å². The zero-order valence-electron chi connectivity index (χ0n) is 29.4. The summed E-state index contributed by atoms with van der Waals surface area (Å²) in [5.41, 5.74) is 0.921. The van der Waals surface area contributed by atoms with Crippen LogP contribution in [0.2, 0.25) is 0 Å². The lowest BCUT2D eigenvalue weighted by Crippen LogP contribution is -2.69. The molecule has 2 saturated carbocycles. The van der Waals surface area contributed by atoms with E-state index < -0.39 is 47.0 Å². The van der Waals surface area contributed by atoms with Gasteiger partial charge in [-0.3, -0.25) is 4.98 Å². The van der Waals surface area contributed by atoms with E-state index in [4.69, 9.17) is 23.4 Å². The van der Waals surface area contributed by atoms with Gasteiger partial charge in [-0.1, -0.05) is 43.7 Å². The number of rotatable bonds is 7. The van der Waals surface area contributed by atoms with Gasteiger partial charge in [-0.25, -0.2) is 9.59 Å². The summed E-state index contributed by atoms with van der Waals surface area (Å²) in [5, 5.41) is 21.6. The number of fused-ring (bicyclic) bond motifs is 4. The number of benzene rings is 2. The van der Waals surface area contributed by atoms with Crippen LogP contribution in [0.1, 0.15) is 85.0 Å². The first-order chi connectivity index (χ1) is 24.5. The number of esters is 1. The molecule has 2 aromatic heterocycles. The first kappa shape index (κ1) is 34.6. The van der Waals surface area contributed by atoms with Gasteiger partial charge in [0.1, 0.15) is 28.8 Å². The van der Waals surface area contributed by atoms with Crippen molar-refractivity contribution in [3.05, 3.63) is 117 Å². The SMILES string of the molecule is CO[C@H](O[C@H]1CC[C@@]2(C)C(C[C@H](OC(=O)c3ccc(C#N)cc3)[C@@]3(C)Oc4cc(-c5cccnc5)oc(=O)c4[C@H](O)C23)[C@H]1C)c1ccc(C)cc1. The van der Waals surface area contributed by atoms with Gasteiger partial charge in [0.15, 0.2) is 6.29 Å². The topological polar surface area (TPSA) is 141 Å². The highest BCUT2D eigenvalue weighted by atomic mass is 16.7. The highest BCUT2D eigenvalue weighted by Gasteiger charge is 2.68. The zero-order valence-corrected chi connectivity index (χ0v) is 29.4. The molecule has 1 N–H and O–H groups in total. The van der Waals surface area contributed by atoms with E-state index in [1.807, 2.05) is 38.1 Å². The maximum absolute atomic E-state index is 13.8. The van der Waals surface area contributed by atoms with E-state index in [-0.39, 0.29) is 40.6 Å². The Hall–Kier alpha value is -4.82. The monoisotopic (exact) mass is 690 g/mol. The summed E-state index contributed by atoms with van der Waals surface area (Å²) in [6.45, 7) is 8.17. The number of methoxy groups -OCH3 is 1. The van der Waals surface area contributed by atoms with Crippen LogP contribution >= 0.6 is 0 Å². The van der Waals surface area contributed by atoms with E-state index in [1.54, 1.807) is 62.0 Å². The molecule has 7 rings (SSSR count). The fourth-order valence-corrected chi connectivity index (χ4v) is 9.03. The molecule has 2 aromatic carbocycles. The molecule has 10 heteroatoms. The van der Waals surface area contributed by atoms with Crippen LogP contribution in [0.25, 0.3) is 11.3 Å². The molecule has 1 aliphatic heterocycles. The predicted molar refractivity (Wildman–Crippen MR) is 186 cm³/mol. The third-order valence-corrected chi connectivity index (χ3v) is 11.7. The van der Waals surface area contributed by atoms with Gasteiger partial charge in [0.2, 0.25) is 0 Å². The molecule has 0 amide bonds. The first-order valence-electron chi connectivity index (χ1n) is 17.4. The van der Waals surface area contributed by atoms with Crippen molar-refractivity contribution in [3.63, 3.8) is 0 Å². The normalized spacial score (nSPS) is 30.1. The Morgan fingerprint density at radius 1 is 1.12 bits per heavy atom. The molecular formula is C41H42N2O8. The summed E-state index contributed by atoms with van der Waals surface area (Å²) in [7, 11) is 1.63. The Labute approximate surface area is 297 Å². The van der Waals surface area contributed by atoms with Crippen molar-refractivity contribution in [1.82, 2.24) is 4.98 Å². The maximum Gasteiger partial charge on any atom is 0.345 e. The molecule has 10 nitrogen and oxygen atoms in total. The summed E-state index contributed by atoms with van der Waals surface area (Å²) in [6.07, 6.45) is 2.09. The number of hydrogen-bond donors (Lipinski definition) is 1. The molecule has 3 aliphatic rings. The predicted octanol–water partition coefficient (Wildman–Crippen LogP) is 7.09. The summed E-state index contributed by atoms with van der Waals surface area (Å²) >= 11 is 0. The molecule has 264 valence electrons. The summed E-state index contributed by atoms with van der Waals surface area (Å²) < 4.78 is 31.4. The van der Waals surface area contributed by atoms with Crippen LogP contribution in [0.4, 0.5) is 0 Å². The molecule has 0 spiro atoms. The molecule has 9 atom stereocenters. The number of hydrogen-bond acceptors (Lipinski definition) is 10. The maximum atomic E-state index is 13.8. The highest BCUT2D eigenvalue weighted by Crippen LogP contribution is 2.65. The van der Waals surface area contributed by atoms with Gasteiger partial charge in [-0.2, -0.15) is 5.26 Å². The second-order valence-electron chi connectivity index (χ2n) is 14.6. The first-order valence-corrected chi connectivity index (χ1v) is 17.4. The van der Waals surface area contributed by atoms with E-state index in [1.165, 1.54) is 0 Å². The van der Waals surface area contributed by atoms with Gasteiger partial charge in [0.25, 0.3) is 0 Å². The fraction of sp³-hybridized carbons (Fsp3) is 0.415. The van der Waals surface area contributed by atoms with E-state index >= 15 is 0 Å². The van der Waals surface area contributed by atoms with Gasteiger partial charge >= 0.3 is 11.6 Å². The van der Waals surface area contributed by atoms with E-state index in [0.717, 1.165) is 11.1 Å². The minimum Gasteiger partial charge on any atom is -0.482 e. The molecule has 51 heavy (non-hydrogen) atoms. The number of carbonyl (C=O) groups excluding carboxylic acids is 1. The molecule has 2 unspecified atom stereocenters. The third kappa shape index (κ3) is 6.03. The van der Waals surface area contributed by atoms with Crippen LogP contribution in [0.3, 0.4) is 0 Å². The van der Waals surface area contributed by atoms with Gasteiger partial charge in [0.05, 0.1) is 29.4 Å². The minimum absolute atomic E-state index is 0.0500. The van der Waals surface area contributed by atoms with Crippen molar-refractivity contribution in [2.24, 2.45) is 23.2 Å². The minimum atomic E-state index is -1.27. The number of aliphatic hydroxyl groups is 1. The van der Waals surface area contributed by atoms with Crippen molar-refractivity contribution in [2.45, 2.75) is 77.2 Å². The second kappa shape index (κ2) is 13.4. The van der Waals surface area contributed by atoms with Crippen LogP contribution in [-0.4, -0.2) is 41.0 Å². The number of carbonyl (C=O) groups is 1. The fourth-order valence-electron chi connectivity index (χ4n) is 9.03. The molecule has 2 fully saturated rings. The molecule has 4 aromatic rings. The number of pyridine rings is 1. The molecular weight excluding hydrogens is 648 g/mol. The Morgan fingerprint density at radius 2 is 1.86 bits per heavy atom. The van der Waals surface area contributed by atoms with Crippen molar-refractivity contribution in [2.75, 3.05) is 7.11 Å². The van der Waals surface area contributed by atoms with Gasteiger partial charge in [-0.15, -0.1) is 0 Å². The van der Waals surface area contributed by atoms with Gasteiger partial charge in [-0.05, 0) is 86.8 Å². The molecule has 2 aliphatic carbocycles. The number of aryl methyl sites for hydroxylation is 1. The van der Waals surface area contributed by atoms with E-state index in [0.29, 0.717) is 30.4 Å². The summed E-state index contributed by atoms with van der Waals surface area (Å²) in [5.74, 6) is -0.948. The Bertz CT molecular complexity index is 2010. The lowest BCUT2D eigenvalue weighted by molar-refractivity contribution is -0.258. The third-order valence-electron chi connectivity index (χ3n) is 11.7. The quantitative estimate of drug-likeness (QED) is 0.158. The highest BCUT2D eigenvalue weighted by molar-refractivity contribution is 5.89. The number of nitriles is 1. The lowest BCUT2D eigenvalue weighted by atomic mass is 9.46. The van der Waals surface area contributed by atoms with Crippen LogP contribution in [0.15, 0.2) is 88.3 Å². The van der Waals surface area contributed by atoms with Crippen molar-refractivity contribution in [3.8, 4) is 23.1 Å². The molecule has 0 radical (unpaired) electrons. The smallest absolute Gasteiger partial charge is 0.345 e. The average molecular weight is 691 g/mol. The Morgan fingerprint density at radius 3 is 2.53 bits per heavy atom. The van der Waals surface area contributed by atoms with E-state index in [2.05, 4.69) is 24.9 Å². The Balaban J connectivity index is 1.27. The van der Waals surface area contributed by atoms with Crippen molar-refractivity contribution < 1.29 is 33.3 Å². The van der Waals surface area contributed by atoms with Crippen LogP contribution in [0.5, 0.6) is 5.75 Å².